The van der Waals surface area contributed by atoms with Crippen molar-refractivity contribution in [3.8, 4) is 0 Å². The van der Waals surface area contributed by atoms with Gasteiger partial charge in [0.1, 0.15) is 0 Å². The van der Waals surface area contributed by atoms with Crippen molar-refractivity contribution >= 4 is 6.03 Å². The van der Waals surface area contributed by atoms with Crippen molar-refractivity contribution in [3.05, 3.63) is 0 Å². The number of hydrazine groups is 2. The van der Waals surface area contributed by atoms with Gasteiger partial charge in [0.05, 0.1) is 0 Å². The number of rotatable bonds is 0. The number of nitrogens with one attached hydrogen (secondary N) is 1. The summed E-state index contributed by atoms with van der Waals surface area (Å²) in [6.07, 6.45) is 0. The van der Waals surface area contributed by atoms with Crippen LogP contribution in [0, 0.1) is 0 Å². The topological polar surface area (TPSA) is 105 Å². The van der Waals surface area contributed by atoms with Crippen LogP contribution in [0.1, 0.15) is 0 Å². The molecule has 0 aliphatic rings. The lowest BCUT2D eigenvalue weighted by molar-refractivity contribution is 0.130. The zero-order chi connectivity index (χ0) is 5.86. The molecule has 0 heterocycles. The molecule has 0 fully saturated rings. The second kappa shape index (κ2) is 2.35. The highest BCUT2D eigenvalue weighted by Gasteiger charge is 1.97. The summed E-state index contributed by atoms with van der Waals surface area (Å²) in [6, 6.07) is -0.958. The van der Waals surface area contributed by atoms with Crippen LogP contribution in [-0.2, 0) is 0 Å². The number of hydrogen-bond donors (Lipinski definition) is 4. The average Bonchev–Trinajstić information content (AvgIpc) is 1.65. The van der Waals surface area contributed by atoms with Gasteiger partial charge in [-0.2, -0.15) is 5.12 Å². The Balaban J connectivity index is 3.35. The van der Waals surface area contributed by atoms with Gasteiger partial charge in [0.25, 0.3) is 0 Å². The third-order valence-electron chi connectivity index (χ3n) is 0.330. The van der Waals surface area contributed by atoms with Gasteiger partial charge in [-0.25, -0.2) is 22.0 Å². The first-order chi connectivity index (χ1) is 3.18. The van der Waals surface area contributed by atoms with Gasteiger partial charge in [0.2, 0.25) is 0 Å². The minimum atomic E-state index is -0.958. The Bertz CT molecular complexity index is 70.1. The van der Waals surface area contributed by atoms with E-state index in [1.54, 1.807) is 0 Å². The van der Waals surface area contributed by atoms with Crippen LogP contribution in [0.2, 0.25) is 0 Å². The van der Waals surface area contributed by atoms with Crippen LogP contribution in [0.4, 0.5) is 4.79 Å². The Morgan fingerprint density at radius 3 is 2.14 bits per heavy atom. The summed E-state index contributed by atoms with van der Waals surface area (Å²) in [5.41, 5.74) is 1.20. The van der Waals surface area contributed by atoms with Gasteiger partial charge in [-0.3, -0.25) is 5.21 Å². The van der Waals surface area contributed by atoms with Gasteiger partial charge in [-0.05, 0) is 0 Å². The number of nitrogens with two attached hydrogens (primary N) is 2. The Kier molecular flexibility index (Phi) is 2.06. The van der Waals surface area contributed by atoms with E-state index in [1.807, 2.05) is 0 Å². The van der Waals surface area contributed by atoms with E-state index < -0.39 is 6.03 Å². The average molecular weight is 106 g/mol. The van der Waals surface area contributed by atoms with Crippen LogP contribution < -0.4 is 17.2 Å². The van der Waals surface area contributed by atoms with Gasteiger partial charge in [0, 0.05) is 0 Å². The highest BCUT2D eigenvalue weighted by atomic mass is 16.5. The molecule has 42 valence electrons. The first kappa shape index (κ1) is 6.15. The molecule has 0 saturated carbocycles. The third-order valence-corrected chi connectivity index (χ3v) is 0.330. The Labute approximate surface area is 39.6 Å². The minimum absolute atomic E-state index is 0.222. The summed E-state index contributed by atoms with van der Waals surface area (Å²) in [5.74, 6) is 9.17. The van der Waals surface area contributed by atoms with E-state index in [1.165, 1.54) is 5.48 Å². The maximum Gasteiger partial charge on any atom is 0.370 e. The number of hydroxylamine groups is 1. The van der Waals surface area contributed by atoms with Crippen LogP contribution in [0.5, 0.6) is 0 Å². The SMILES string of the molecule is NN(N)C(=O)NO. The van der Waals surface area contributed by atoms with Crippen molar-refractivity contribution in [2.75, 3.05) is 0 Å². The summed E-state index contributed by atoms with van der Waals surface area (Å²) in [6.45, 7) is 0. The summed E-state index contributed by atoms with van der Waals surface area (Å²) < 4.78 is 0. The first-order valence-corrected chi connectivity index (χ1v) is 1.42. The molecular weight excluding hydrogens is 100 g/mol. The fourth-order valence-corrected chi connectivity index (χ4v) is 0.0577. The van der Waals surface area contributed by atoms with Crippen molar-refractivity contribution in [1.82, 2.24) is 10.6 Å². The molecule has 0 unspecified atom stereocenters. The third kappa shape index (κ3) is 1.93. The largest absolute Gasteiger partial charge is 0.370 e. The summed E-state index contributed by atoms with van der Waals surface area (Å²) >= 11 is 0. The van der Waals surface area contributed by atoms with Crippen molar-refractivity contribution in [2.45, 2.75) is 0 Å². The van der Waals surface area contributed by atoms with E-state index in [2.05, 4.69) is 11.7 Å². The highest BCUT2D eigenvalue weighted by Crippen LogP contribution is 1.60. The summed E-state index contributed by atoms with van der Waals surface area (Å²) in [4.78, 5) is 9.83. The van der Waals surface area contributed by atoms with E-state index >= 15 is 0 Å². The van der Waals surface area contributed by atoms with Crippen molar-refractivity contribution < 1.29 is 10.0 Å². The molecular formula is CH6N4O2. The van der Waals surface area contributed by atoms with Crippen molar-refractivity contribution in [2.24, 2.45) is 11.7 Å². The molecule has 0 radical (unpaired) electrons. The lowest BCUT2D eigenvalue weighted by atomic mass is 11.1. The van der Waals surface area contributed by atoms with Crippen LogP contribution in [-0.4, -0.2) is 16.4 Å². The van der Waals surface area contributed by atoms with Crippen molar-refractivity contribution in [1.29, 1.82) is 0 Å². The predicted octanol–water partition coefficient (Wildman–Crippen LogP) is -1.87. The molecule has 0 rings (SSSR count). The fourth-order valence-electron chi connectivity index (χ4n) is 0.0577. The molecule has 6 N–H and O–H groups in total. The van der Waals surface area contributed by atoms with E-state index in [9.17, 15) is 4.79 Å². The van der Waals surface area contributed by atoms with E-state index in [0.29, 0.717) is 0 Å². The van der Waals surface area contributed by atoms with Gasteiger partial charge >= 0.3 is 6.03 Å². The maximum absolute atomic E-state index is 9.83. The van der Waals surface area contributed by atoms with Gasteiger partial charge in [-0.15, -0.1) is 0 Å². The van der Waals surface area contributed by atoms with E-state index in [4.69, 9.17) is 5.21 Å². The normalized spacial score (nSPS) is 7.86. The van der Waals surface area contributed by atoms with Crippen LogP contribution in [0.25, 0.3) is 0 Å². The molecule has 0 bridgehead atoms. The minimum Gasteiger partial charge on any atom is -0.287 e. The molecule has 6 nitrogen and oxygen atoms in total. The van der Waals surface area contributed by atoms with Gasteiger partial charge < -0.3 is 0 Å². The molecule has 0 spiro atoms. The summed E-state index contributed by atoms with van der Waals surface area (Å²) in [5, 5.41) is 7.93. The number of carbonyl (C=O) groups excluding carboxylic acids is 1. The van der Waals surface area contributed by atoms with Crippen LogP contribution in [0.15, 0.2) is 0 Å². The predicted molar refractivity (Wildman–Crippen MR) is 20.5 cm³/mol. The number of nitrogens with zero attached hydrogens (tertiary/aromatic N) is 1. The van der Waals surface area contributed by atoms with E-state index in [-0.39, 0.29) is 5.12 Å². The van der Waals surface area contributed by atoms with Crippen LogP contribution in [0.3, 0.4) is 0 Å². The Morgan fingerprint density at radius 2 is 2.14 bits per heavy atom. The quantitative estimate of drug-likeness (QED) is 0.126. The number of hydrogen-bond acceptors (Lipinski definition) is 4. The first-order valence-electron chi connectivity index (χ1n) is 1.42. The molecule has 0 aromatic rings. The molecule has 0 aliphatic heterocycles. The standard InChI is InChI=1S/CH6N4O2/c2-5(3)1(6)4-7/h7H,2-3H2,(H,4,6). The number of urea groups is 1. The Morgan fingerprint density at radius 1 is 1.71 bits per heavy atom. The highest BCUT2D eigenvalue weighted by molar-refractivity contribution is 5.71. The molecule has 0 aromatic heterocycles. The van der Waals surface area contributed by atoms with Crippen LogP contribution >= 0.6 is 0 Å². The lowest BCUT2D eigenvalue weighted by Crippen LogP contribution is -2.48. The number of carbonyl (C=O) groups is 1. The second-order valence-electron chi connectivity index (χ2n) is 0.824. The molecule has 6 heteroatoms. The molecule has 0 aromatic carbocycles. The lowest BCUT2D eigenvalue weighted by Gasteiger charge is -2.04. The summed E-state index contributed by atoms with van der Waals surface area (Å²) in [7, 11) is 0. The zero-order valence-electron chi connectivity index (χ0n) is 3.46. The van der Waals surface area contributed by atoms with Gasteiger partial charge in [-0.1, -0.05) is 0 Å². The monoisotopic (exact) mass is 106 g/mol. The fraction of sp³-hybridized carbons (Fsp3) is 0. The number of amides is 2. The molecule has 0 saturated heterocycles. The molecule has 0 aliphatic carbocycles. The molecule has 7 heavy (non-hydrogen) atoms. The maximum atomic E-state index is 9.83. The van der Waals surface area contributed by atoms with E-state index in [0.717, 1.165) is 0 Å². The zero-order valence-corrected chi connectivity index (χ0v) is 3.46. The second-order valence-corrected chi connectivity index (χ2v) is 0.824. The Hall–Kier alpha value is -0.850. The van der Waals surface area contributed by atoms with Crippen molar-refractivity contribution in [3.63, 3.8) is 0 Å². The van der Waals surface area contributed by atoms with Gasteiger partial charge in [0.15, 0.2) is 0 Å². The smallest absolute Gasteiger partial charge is 0.287 e. The molecule has 0 atom stereocenters. The molecule has 2 amide bonds.